The van der Waals surface area contributed by atoms with Gasteiger partial charge < -0.3 is 19.3 Å². The highest BCUT2D eigenvalue weighted by Crippen LogP contribution is 2.24. The van der Waals surface area contributed by atoms with Crippen LogP contribution in [0.15, 0.2) is 51.8 Å². The molecule has 1 aliphatic rings. The number of hydrogen-bond acceptors (Lipinski definition) is 5. The van der Waals surface area contributed by atoms with Crippen molar-refractivity contribution in [2.24, 2.45) is 0 Å². The molecule has 3 rings (SSSR count). The van der Waals surface area contributed by atoms with Gasteiger partial charge in [-0.1, -0.05) is 15.9 Å². The van der Waals surface area contributed by atoms with Gasteiger partial charge in [-0.05, 0) is 36.4 Å². The van der Waals surface area contributed by atoms with Crippen molar-refractivity contribution >= 4 is 39.5 Å². The summed E-state index contributed by atoms with van der Waals surface area (Å²) in [6, 6.07) is 13.0. The van der Waals surface area contributed by atoms with Crippen molar-refractivity contribution < 1.29 is 19.1 Å². The highest BCUT2D eigenvalue weighted by Gasteiger charge is 2.25. The van der Waals surface area contributed by atoms with E-state index in [9.17, 15) is 9.59 Å². The van der Waals surface area contributed by atoms with Gasteiger partial charge in [0.05, 0.1) is 20.0 Å². The summed E-state index contributed by atoms with van der Waals surface area (Å²) in [5, 5.41) is 0. The largest absolute Gasteiger partial charge is 0.497 e. The van der Waals surface area contributed by atoms with Crippen molar-refractivity contribution in [1.82, 2.24) is 9.80 Å². The monoisotopic (exact) mass is 478 g/mol. The van der Waals surface area contributed by atoms with Crippen LogP contribution >= 0.6 is 27.7 Å². The molecule has 1 fully saturated rings. The van der Waals surface area contributed by atoms with Gasteiger partial charge >= 0.3 is 0 Å². The summed E-state index contributed by atoms with van der Waals surface area (Å²) in [4.78, 5) is 30.0. The first-order valence-corrected chi connectivity index (χ1v) is 11.0. The van der Waals surface area contributed by atoms with Crippen molar-refractivity contribution in [2.45, 2.75) is 4.90 Å². The minimum Gasteiger partial charge on any atom is -0.497 e. The van der Waals surface area contributed by atoms with E-state index in [-0.39, 0.29) is 11.8 Å². The molecule has 0 aliphatic carbocycles. The number of piperazine rings is 1. The van der Waals surface area contributed by atoms with Gasteiger partial charge in [-0.2, -0.15) is 0 Å². The van der Waals surface area contributed by atoms with E-state index in [0.29, 0.717) is 49.0 Å². The first-order chi connectivity index (χ1) is 14.0. The van der Waals surface area contributed by atoms with E-state index in [0.717, 1.165) is 9.37 Å². The summed E-state index contributed by atoms with van der Waals surface area (Å²) in [6.45, 7) is 2.08. The Kier molecular flexibility index (Phi) is 7.44. The van der Waals surface area contributed by atoms with Gasteiger partial charge in [-0.15, -0.1) is 11.8 Å². The molecule has 0 atom stereocenters. The molecule has 8 heteroatoms. The fourth-order valence-electron chi connectivity index (χ4n) is 3.04. The number of hydrogen-bond donors (Lipinski definition) is 0. The third kappa shape index (κ3) is 5.67. The van der Waals surface area contributed by atoms with E-state index in [4.69, 9.17) is 9.47 Å². The van der Waals surface area contributed by atoms with E-state index in [1.165, 1.54) is 11.8 Å². The summed E-state index contributed by atoms with van der Waals surface area (Å²) < 4.78 is 11.5. The zero-order valence-electron chi connectivity index (χ0n) is 16.4. The normalized spacial score (nSPS) is 13.9. The van der Waals surface area contributed by atoms with Crippen LogP contribution in [0.2, 0.25) is 0 Å². The molecular formula is C21H23BrN2O4S. The number of benzene rings is 2. The number of amides is 2. The third-order valence-electron chi connectivity index (χ3n) is 4.69. The maximum Gasteiger partial charge on any atom is 0.254 e. The number of rotatable bonds is 6. The SMILES string of the molecule is COc1cc(OC)cc(C(=O)N2CCN(C(=O)CSc3ccc(Br)cc3)CC2)c1. The smallest absolute Gasteiger partial charge is 0.254 e. The van der Waals surface area contributed by atoms with E-state index < -0.39 is 0 Å². The molecule has 2 aromatic carbocycles. The van der Waals surface area contributed by atoms with Crippen LogP contribution in [0.4, 0.5) is 0 Å². The predicted molar refractivity (Wildman–Crippen MR) is 117 cm³/mol. The Morgan fingerprint density at radius 2 is 1.48 bits per heavy atom. The Morgan fingerprint density at radius 3 is 2.03 bits per heavy atom. The van der Waals surface area contributed by atoms with E-state index in [1.807, 2.05) is 29.2 Å². The van der Waals surface area contributed by atoms with Crippen LogP contribution < -0.4 is 9.47 Å². The number of thioether (sulfide) groups is 1. The van der Waals surface area contributed by atoms with Crippen molar-refractivity contribution in [3.05, 3.63) is 52.5 Å². The maximum absolute atomic E-state index is 12.9. The second-order valence-corrected chi connectivity index (χ2v) is 8.48. The first kappa shape index (κ1) is 21.5. The zero-order chi connectivity index (χ0) is 20.8. The van der Waals surface area contributed by atoms with Gasteiger partial charge in [0.2, 0.25) is 5.91 Å². The molecule has 2 aromatic rings. The Hall–Kier alpha value is -2.19. The van der Waals surface area contributed by atoms with Crippen LogP contribution in [-0.2, 0) is 4.79 Å². The average Bonchev–Trinajstić information content (AvgIpc) is 2.77. The zero-order valence-corrected chi connectivity index (χ0v) is 18.8. The van der Waals surface area contributed by atoms with E-state index in [2.05, 4.69) is 15.9 Å². The molecule has 154 valence electrons. The predicted octanol–water partition coefficient (Wildman–Crippen LogP) is 3.54. The minimum atomic E-state index is -0.0847. The lowest BCUT2D eigenvalue weighted by molar-refractivity contribution is -0.129. The number of carbonyl (C=O) groups excluding carboxylic acids is 2. The Balaban J connectivity index is 1.53. The molecule has 0 spiro atoms. The van der Waals surface area contributed by atoms with Crippen LogP contribution in [0.25, 0.3) is 0 Å². The van der Waals surface area contributed by atoms with Crippen LogP contribution in [-0.4, -0.2) is 67.8 Å². The first-order valence-electron chi connectivity index (χ1n) is 9.18. The Morgan fingerprint density at radius 1 is 0.931 bits per heavy atom. The van der Waals surface area contributed by atoms with Gasteiger partial charge in [-0.3, -0.25) is 9.59 Å². The van der Waals surface area contributed by atoms with Crippen molar-refractivity contribution in [3.63, 3.8) is 0 Å². The third-order valence-corrected chi connectivity index (χ3v) is 6.22. The average molecular weight is 479 g/mol. The standard InChI is InChI=1S/C21H23BrN2O4S/c1-27-17-11-15(12-18(13-17)28-2)21(26)24-9-7-23(8-10-24)20(25)14-29-19-5-3-16(22)4-6-19/h3-6,11-13H,7-10,14H2,1-2H3. The van der Waals surface area contributed by atoms with Crippen molar-refractivity contribution in [2.75, 3.05) is 46.2 Å². The van der Waals surface area contributed by atoms with Crippen LogP contribution in [0, 0.1) is 0 Å². The van der Waals surface area contributed by atoms with Gasteiger partial charge in [0.15, 0.2) is 0 Å². The van der Waals surface area contributed by atoms with Gasteiger partial charge in [0.25, 0.3) is 5.91 Å². The highest BCUT2D eigenvalue weighted by atomic mass is 79.9. The molecule has 1 heterocycles. The number of nitrogens with zero attached hydrogens (tertiary/aromatic N) is 2. The molecule has 0 unspecified atom stereocenters. The molecule has 6 nitrogen and oxygen atoms in total. The number of carbonyl (C=O) groups is 2. The molecule has 0 bridgehead atoms. The summed E-state index contributed by atoms with van der Waals surface area (Å²) in [5.74, 6) is 1.55. The molecule has 0 aromatic heterocycles. The fourth-order valence-corrected chi connectivity index (χ4v) is 4.11. The summed E-state index contributed by atoms with van der Waals surface area (Å²) in [5.41, 5.74) is 0.520. The molecule has 0 N–H and O–H groups in total. The molecular weight excluding hydrogens is 456 g/mol. The minimum absolute atomic E-state index is 0.0847. The lowest BCUT2D eigenvalue weighted by atomic mass is 10.1. The second-order valence-electron chi connectivity index (χ2n) is 6.52. The van der Waals surface area contributed by atoms with Gasteiger partial charge in [-0.25, -0.2) is 0 Å². The second kappa shape index (κ2) is 10.0. The molecule has 0 saturated carbocycles. The lowest BCUT2D eigenvalue weighted by Crippen LogP contribution is -2.51. The van der Waals surface area contributed by atoms with Crippen LogP contribution in [0.5, 0.6) is 11.5 Å². The van der Waals surface area contributed by atoms with Gasteiger partial charge in [0.1, 0.15) is 11.5 Å². The fraction of sp³-hybridized carbons (Fsp3) is 0.333. The summed E-state index contributed by atoms with van der Waals surface area (Å²) in [7, 11) is 3.11. The molecule has 1 aliphatic heterocycles. The Bertz CT molecular complexity index is 845. The Labute approximate surface area is 183 Å². The van der Waals surface area contributed by atoms with Crippen LogP contribution in [0.1, 0.15) is 10.4 Å². The number of ether oxygens (including phenoxy) is 2. The van der Waals surface area contributed by atoms with E-state index in [1.54, 1.807) is 37.3 Å². The number of halogens is 1. The van der Waals surface area contributed by atoms with Gasteiger partial charge in [0, 0.05) is 47.2 Å². The molecule has 2 amide bonds. The van der Waals surface area contributed by atoms with Crippen molar-refractivity contribution in [3.8, 4) is 11.5 Å². The molecule has 29 heavy (non-hydrogen) atoms. The lowest BCUT2D eigenvalue weighted by Gasteiger charge is -2.35. The molecule has 1 saturated heterocycles. The van der Waals surface area contributed by atoms with Crippen molar-refractivity contribution in [1.29, 1.82) is 0 Å². The summed E-state index contributed by atoms with van der Waals surface area (Å²) in [6.07, 6.45) is 0. The quantitative estimate of drug-likeness (QED) is 0.594. The van der Waals surface area contributed by atoms with Crippen LogP contribution in [0.3, 0.4) is 0 Å². The highest BCUT2D eigenvalue weighted by molar-refractivity contribution is 9.10. The molecule has 0 radical (unpaired) electrons. The summed E-state index contributed by atoms with van der Waals surface area (Å²) >= 11 is 4.93. The maximum atomic E-state index is 12.9. The topological polar surface area (TPSA) is 59.1 Å². The van der Waals surface area contributed by atoms with E-state index >= 15 is 0 Å². The number of methoxy groups -OCH3 is 2.